The molecule has 1 aromatic heterocycles. The summed E-state index contributed by atoms with van der Waals surface area (Å²) >= 11 is 0. The molecular weight excluding hydrogens is 274 g/mol. The van der Waals surface area contributed by atoms with Crippen LogP contribution in [0, 0.1) is 18.8 Å². The van der Waals surface area contributed by atoms with Crippen molar-refractivity contribution in [3.8, 4) is 23.3 Å². The van der Waals surface area contributed by atoms with Gasteiger partial charge in [0.25, 0.3) is 0 Å². The number of aromatic nitrogens is 1. The molecule has 0 unspecified atom stereocenters. The van der Waals surface area contributed by atoms with Crippen LogP contribution < -0.4 is 9.47 Å². The molecule has 2 aromatic rings. The molecule has 20 heavy (non-hydrogen) atoms. The van der Waals surface area contributed by atoms with E-state index in [1.165, 1.54) is 0 Å². The molecule has 2 rings (SSSR count). The molecule has 4 heteroatoms. The van der Waals surface area contributed by atoms with E-state index in [0.717, 1.165) is 22.7 Å². The summed E-state index contributed by atoms with van der Waals surface area (Å²) in [6.45, 7) is 1.94. The fraction of sp³-hybridized carbons (Fsp3) is 0.188. The average molecular weight is 290 g/mol. The van der Waals surface area contributed by atoms with Gasteiger partial charge >= 0.3 is 0 Å². The maximum absolute atomic E-state index is 5.30. The maximum atomic E-state index is 5.30. The number of hydrogen-bond acceptors (Lipinski definition) is 3. The molecule has 0 N–H and O–H groups in total. The van der Waals surface area contributed by atoms with E-state index in [1.54, 1.807) is 14.2 Å². The molecule has 0 atom stereocenters. The van der Waals surface area contributed by atoms with Crippen LogP contribution in [0.2, 0.25) is 0 Å². The summed E-state index contributed by atoms with van der Waals surface area (Å²) in [6.07, 6.45) is 0. The highest BCUT2D eigenvalue weighted by Crippen LogP contribution is 2.23. The summed E-state index contributed by atoms with van der Waals surface area (Å²) in [6, 6.07) is 11.3. The van der Waals surface area contributed by atoms with Crippen molar-refractivity contribution in [3.05, 3.63) is 53.3 Å². The van der Waals surface area contributed by atoms with Crippen LogP contribution in [0.25, 0.3) is 0 Å². The molecule has 0 aliphatic heterocycles. The third-order valence-corrected chi connectivity index (χ3v) is 2.62. The van der Waals surface area contributed by atoms with Crippen molar-refractivity contribution in [1.29, 1.82) is 0 Å². The zero-order chi connectivity index (χ0) is 13.7. The van der Waals surface area contributed by atoms with E-state index >= 15 is 0 Å². The number of benzene rings is 1. The number of methoxy groups -OCH3 is 2. The molecule has 104 valence electrons. The van der Waals surface area contributed by atoms with E-state index in [4.69, 9.17) is 9.47 Å². The van der Waals surface area contributed by atoms with E-state index in [0.29, 0.717) is 5.75 Å². The number of ether oxygens (including phenoxy) is 2. The molecule has 0 fully saturated rings. The first-order valence-corrected chi connectivity index (χ1v) is 5.90. The lowest BCUT2D eigenvalue weighted by molar-refractivity contribution is 0.393. The fourth-order valence-electron chi connectivity index (χ4n) is 1.65. The van der Waals surface area contributed by atoms with Crippen LogP contribution in [-0.2, 0) is 0 Å². The summed E-state index contributed by atoms with van der Waals surface area (Å²) in [5.74, 6) is 7.54. The van der Waals surface area contributed by atoms with Crippen LogP contribution in [0.5, 0.6) is 11.5 Å². The first-order chi connectivity index (χ1) is 9.22. The van der Waals surface area contributed by atoms with Crippen LogP contribution >= 0.6 is 12.4 Å². The first kappa shape index (κ1) is 15.9. The first-order valence-electron chi connectivity index (χ1n) is 5.90. The minimum absolute atomic E-state index is 0. The van der Waals surface area contributed by atoms with Gasteiger partial charge in [-0.3, -0.25) is 0 Å². The van der Waals surface area contributed by atoms with E-state index in [-0.39, 0.29) is 12.4 Å². The highest BCUT2D eigenvalue weighted by atomic mass is 35.5. The van der Waals surface area contributed by atoms with Gasteiger partial charge < -0.3 is 9.47 Å². The van der Waals surface area contributed by atoms with Crippen molar-refractivity contribution in [2.75, 3.05) is 14.2 Å². The molecule has 0 bridgehead atoms. The number of pyridine rings is 1. The monoisotopic (exact) mass is 289 g/mol. The molecule has 0 amide bonds. The second-order valence-corrected chi connectivity index (χ2v) is 3.98. The summed E-state index contributed by atoms with van der Waals surface area (Å²) in [5.41, 5.74) is 2.51. The Labute approximate surface area is 125 Å². The molecule has 0 saturated heterocycles. The highest BCUT2D eigenvalue weighted by Gasteiger charge is 2.02. The zero-order valence-corrected chi connectivity index (χ0v) is 12.5. The van der Waals surface area contributed by atoms with Crippen molar-refractivity contribution in [2.24, 2.45) is 0 Å². The lowest BCUT2D eigenvalue weighted by atomic mass is 10.2. The van der Waals surface area contributed by atoms with Gasteiger partial charge in [-0.2, -0.15) is 0 Å². The van der Waals surface area contributed by atoms with Crippen molar-refractivity contribution in [2.45, 2.75) is 6.92 Å². The molecule has 0 spiro atoms. The van der Waals surface area contributed by atoms with Crippen LogP contribution in [0.3, 0.4) is 0 Å². The fourth-order valence-corrected chi connectivity index (χ4v) is 1.65. The van der Waals surface area contributed by atoms with Crippen molar-refractivity contribution >= 4 is 12.4 Å². The average Bonchev–Trinajstić information content (AvgIpc) is 2.45. The summed E-state index contributed by atoms with van der Waals surface area (Å²) in [7, 11) is 3.24. The predicted molar refractivity (Wildman–Crippen MR) is 81.7 cm³/mol. The molecular formula is C16H16ClNO2. The predicted octanol–water partition coefficient (Wildman–Crippen LogP) is 3.23. The Morgan fingerprint density at radius 2 is 1.80 bits per heavy atom. The standard InChI is InChI=1S/C16H15NO2.ClH/c1-12-5-4-6-14(17-12)9-7-13-8-10-15(18-2)11-16(13)19-3;/h4-6,8,10-11H,1-3H3;1H. The Balaban J connectivity index is 0.00000200. The zero-order valence-electron chi connectivity index (χ0n) is 11.6. The number of hydrogen-bond donors (Lipinski definition) is 0. The van der Waals surface area contributed by atoms with Crippen LogP contribution in [0.15, 0.2) is 36.4 Å². The van der Waals surface area contributed by atoms with Gasteiger partial charge in [0.15, 0.2) is 0 Å². The van der Waals surface area contributed by atoms with E-state index < -0.39 is 0 Å². The Hall–Kier alpha value is -2.18. The van der Waals surface area contributed by atoms with E-state index in [2.05, 4.69) is 16.8 Å². The van der Waals surface area contributed by atoms with Gasteiger partial charge in [-0.25, -0.2) is 4.98 Å². The second-order valence-electron chi connectivity index (χ2n) is 3.98. The summed E-state index contributed by atoms with van der Waals surface area (Å²) in [4.78, 5) is 4.34. The Bertz CT molecular complexity index is 644. The van der Waals surface area contributed by atoms with Gasteiger partial charge in [-0.15, -0.1) is 12.4 Å². The third-order valence-electron chi connectivity index (χ3n) is 2.62. The molecule has 0 aliphatic rings. The lowest BCUT2D eigenvalue weighted by Crippen LogP contribution is -1.90. The molecule has 1 heterocycles. The Morgan fingerprint density at radius 1 is 1.00 bits per heavy atom. The molecule has 0 saturated carbocycles. The van der Waals surface area contributed by atoms with E-state index in [1.807, 2.05) is 43.3 Å². The Morgan fingerprint density at radius 3 is 2.45 bits per heavy atom. The summed E-state index contributed by atoms with van der Waals surface area (Å²) < 4.78 is 10.4. The smallest absolute Gasteiger partial charge is 0.138 e. The van der Waals surface area contributed by atoms with Crippen molar-refractivity contribution in [3.63, 3.8) is 0 Å². The van der Waals surface area contributed by atoms with E-state index in [9.17, 15) is 0 Å². The number of rotatable bonds is 2. The van der Waals surface area contributed by atoms with Crippen LogP contribution in [0.1, 0.15) is 17.0 Å². The van der Waals surface area contributed by atoms with Gasteiger partial charge in [0, 0.05) is 11.8 Å². The maximum Gasteiger partial charge on any atom is 0.138 e. The van der Waals surface area contributed by atoms with Gasteiger partial charge in [0.05, 0.1) is 19.8 Å². The molecule has 0 radical (unpaired) electrons. The lowest BCUT2D eigenvalue weighted by Gasteiger charge is -2.05. The van der Waals surface area contributed by atoms with Gasteiger partial charge in [0.2, 0.25) is 0 Å². The number of aryl methyl sites for hydroxylation is 1. The van der Waals surface area contributed by atoms with Gasteiger partial charge in [-0.05, 0) is 37.1 Å². The quantitative estimate of drug-likeness (QED) is 0.796. The normalized spacial score (nSPS) is 8.95. The summed E-state index contributed by atoms with van der Waals surface area (Å²) in [5, 5.41) is 0. The van der Waals surface area contributed by atoms with Crippen molar-refractivity contribution < 1.29 is 9.47 Å². The van der Waals surface area contributed by atoms with Crippen molar-refractivity contribution in [1.82, 2.24) is 4.98 Å². The van der Waals surface area contributed by atoms with Crippen LogP contribution in [-0.4, -0.2) is 19.2 Å². The van der Waals surface area contributed by atoms with Gasteiger partial charge in [0.1, 0.15) is 17.2 Å². The minimum Gasteiger partial charge on any atom is -0.497 e. The number of nitrogens with zero attached hydrogens (tertiary/aromatic N) is 1. The SMILES string of the molecule is COc1ccc(C#Cc2cccc(C)n2)c(OC)c1.Cl. The topological polar surface area (TPSA) is 31.4 Å². The highest BCUT2D eigenvalue weighted by molar-refractivity contribution is 5.85. The molecule has 3 nitrogen and oxygen atoms in total. The second kappa shape index (κ2) is 7.42. The molecule has 0 aliphatic carbocycles. The van der Waals surface area contributed by atoms with Gasteiger partial charge in [-0.1, -0.05) is 12.0 Å². The van der Waals surface area contributed by atoms with Crippen LogP contribution in [0.4, 0.5) is 0 Å². The largest absolute Gasteiger partial charge is 0.497 e. The number of halogens is 1. The third kappa shape index (κ3) is 3.91. The minimum atomic E-state index is 0. The molecule has 1 aromatic carbocycles. The Kier molecular flexibility index (Phi) is 5.89.